The van der Waals surface area contributed by atoms with Crippen LogP contribution in [-0.4, -0.2) is 30.5 Å². The Morgan fingerprint density at radius 1 is 1.07 bits per heavy atom. The lowest BCUT2D eigenvalue weighted by Gasteiger charge is -2.07. The molecule has 0 aliphatic heterocycles. The van der Waals surface area contributed by atoms with Gasteiger partial charge < -0.3 is 5.32 Å². The number of hydrogen-bond acceptors (Lipinski definition) is 5. The number of benzene rings is 2. The fourth-order valence-electron chi connectivity index (χ4n) is 2.71. The molecule has 2 aromatic carbocycles. The zero-order valence-corrected chi connectivity index (χ0v) is 14.6. The summed E-state index contributed by atoms with van der Waals surface area (Å²) in [6.45, 7) is 0.0227. The van der Waals surface area contributed by atoms with Gasteiger partial charge >= 0.3 is 0 Å². The second-order valence-electron chi connectivity index (χ2n) is 6.09. The van der Waals surface area contributed by atoms with Gasteiger partial charge in [-0.25, -0.2) is 9.37 Å². The molecule has 1 N–H and O–H groups in total. The Morgan fingerprint density at radius 3 is 2.57 bits per heavy atom. The van der Waals surface area contributed by atoms with Gasteiger partial charge in [0.25, 0.3) is 5.56 Å². The highest BCUT2D eigenvalue weighted by atomic mass is 19.1. The molecule has 0 fully saturated rings. The van der Waals surface area contributed by atoms with Crippen LogP contribution in [0.4, 0.5) is 4.39 Å². The molecule has 4 aromatic rings. The van der Waals surface area contributed by atoms with Gasteiger partial charge in [0.05, 0.1) is 5.69 Å². The predicted octanol–water partition coefficient (Wildman–Crippen LogP) is 1.43. The highest BCUT2D eigenvalue weighted by molar-refractivity contribution is 5.76. The van der Waals surface area contributed by atoms with Crippen LogP contribution in [0.25, 0.3) is 16.9 Å². The monoisotopic (exact) mass is 378 g/mol. The number of amides is 1. The van der Waals surface area contributed by atoms with Crippen LogP contribution in [0.5, 0.6) is 0 Å². The van der Waals surface area contributed by atoms with Gasteiger partial charge in [0.1, 0.15) is 18.7 Å². The molecule has 2 aromatic heterocycles. The molecule has 28 heavy (non-hydrogen) atoms. The Kier molecular flexibility index (Phi) is 4.63. The summed E-state index contributed by atoms with van der Waals surface area (Å²) in [6.07, 6.45) is 1.30. The molecule has 0 saturated carbocycles. The van der Waals surface area contributed by atoms with E-state index >= 15 is 0 Å². The number of aromatic nitrogens is 5. The number of carbonyl (C=O) groups excluding carboxylic acids is 1. The summed E-state index contributed by atoms with van der Waals surface area (Å²) < 4.78 is 15.6. The first kappa shape index (κ1) is 17.5. The molecule has 8 nitrogen and oxygen atoms in total. The Hall–Kier alpha value is -3.88. The van der Waals surface area contributed by atoms with Crippen LogP contribution in [0.15, 0.2) is 65.7 Å². The minimum absolute atomic E-state index is 0.0812. The number of nitrogens with one attached hydrogen (secondary N) is 1. The van der Waals surface area contributed by atoms with E-state index in [2.05, 4.69) is 20.6 Å². The highest BCUT2D eigenvalue weighted by Crippen LogP contribution is 2.10. The molecular weight excluding hydrogens is 363 g/mol. The number of hydrogen-bond donors (Lipinski definition) is 1. The van der Waals surface area contributed by atoms with E-state index < -0.39 is 5.56 Å². The minimum Gasteiger partial charge on any atom is -0.350 e. The Bertz CT molecular complexity index is 1180. The van der Waals surface area contributed by atoms with Crippen molar-refractivity contribution in [1.29, 1.82) is 0 Å². The summed E-state index contributed by atoms with van der Waals surface area (Å²) in [5.41, 5.74) is 1.43. The van der Waals surface area contributed by atoms with Crippen molar-refractivity contribution in [2.24, 2.45) is 0 Å². The third kappa shape index (κ3) is 3.50. The van der Waals surface area contributed by atoms with E-state index in [1.54, 1.807) is 12.1 Å². The molecule has 0 aliphatic carbocycles. The van der Waals surface area contributed by atoms with Crippen molar-refractivity contribution in [3.8, 4) is 5.69 Å². The van der Waals surface area contributed by atoms with E-state index in [1.165, 1.54) is 27.7 Å². The summed E-state index contributed by atoms with van der Waals surface area (Å²) in [6, 6.07) is 15.0. The zero-order chi connectivity index (χ0) is 19.5. The van der Waals surface area contributed by atoms with Gasteiger partial charge in [-0.15, -0.1) is 5.10 Å². The van der Waals surface area contributed by atoms with Crippen molar-refractivity contribution in [2.75, 3.05) is 0 Å². The summed E-state index contributed by atoms with van der Waals surface area (Å²) in [7, 11) is 0. The van der Waals surface area contributed by atoms with E-state index in [9.17, 15) is 14.0 Å². The summed E-state index contributed by atoms with van der Waals surface area (Å²) in [5.74, 6) is -0.715. The van der Waals surface area contributed by atoms with E-state index in [0.717, 1.165) is 11.3 Å². The Morgan fingerprint density at radius 2 is 1.82 bits per heavy atom. The molecule has 0 saturated heterocycles. The predicted molar refractivity (Wildman–Crippen MR) is 99.2 cm³/mol. The maximum Gasteiger partial charge on any atom is 0.284 e. The lowest BCUT2D eigenvalue weighted by molar-refractivity contribution is -0.121. The van der Waals surface area contributed by atoms with Crippen LogP contribution in [0.2, 0.25) is 0 Å². The average molecular weight is 378 g/mol. The topological polar surface area (TPSA) is 94.7 Å². The average Bonchev–Trinajstić information content (AvgIpc) is 3.15. The van der Waals surface area contributed by atoms with Crippen LogP contribution in [-0.2, 0) is 17.9 Å². The third-order valence-corrected chi connectivity index (χ3v) is 4.15. The summed E-state index contributed by atoms with van der Waals surface area (Å²) in [4.78, 5) is 29.0. The molecule has 4 rings (SSSR count). The first-order chi connectivity index (χ1) is 13.6. The van der Waals surface area contributed by atoms with Crippen LogP contribution in [0, 0.1) is 5.82 Å². The molecule has 0 spiro atoms. The molecule has 0 unspecified atom stereocenters. The van der Waals surface area contributed by atoms with E-state index in [1.807, 2.05) is 30.3 Å². The van der Waals surface area contributed by atoms with Gasteiger partial charge in [0.15, 0.2) is 11.2 Å². The standard InChI is InChI=1S/C19H15FN6O2/c20-14-8-6-13(7-9-14)10-21-16(27)11-25-12-22-18-17(19(25)28)23-24-26(18)15-4-2-1-3-5-15/h1-9,12H,10-11H2,(H,21,27). The van der Waals surface area contributed by atoms with Gasteiger partial charge in [-0.05, 0) is 29.8 Å². The van der Waals surface area contributed by atoms with Crippen LogP contribution in [0.3, 0.4) is 0 Å². The number of nitrogens with zero attached hydrogens (tertiary/aromatic N) is 5. The van der Waals surface area contributed by atoms with Gasteiger partial charge in [-0.2, -0.15) is 4.68 Å². The molecule has 140 valence electrons. The second kappa shape index (κ2) is 7.39. The maximum atomic E-state index is 12.9. The maximum absolute atomic E-state index is 12.9. The van der Waals surface area contributed by atoms with Crippen molar-refractivity contribution in [1.82, 2.24) is 29.9 Å². The smallest absolute Gasteiger partial charge is 0.284 e. The largest absolute Gasteiger partial charge is 0.350 e. The fourth-order valence-corrected chi connectivity index (χ4v) is 2.71. The number of carbonyl (C=O) groups is 1. The van der Waals surface area contributed by atoms with Crippen molar-refractivity contribution in [3.63, 3.8) is 0 Å². The van der Waals surface area contributed by atoms with Gasteiger partial charge in [0.2, 0.25) is 5.91 Å². The first-order valence-corrected chi connectivity index (χ1v) is 8.49. The Labute approximate surface area is 158 Å². The van der Waals surface area contributed by atoms with Crippen molar-refractivity contribution >= 4 is 17.1 Å². The quantitative estimate of drug-likeness (QED) is 0.567. The second-order valence-corrected chi connectivity index (χ2v) is 6.09. The molecule has 1 amide bonds. The zero-order valence-electron chi connectivity index (χ0n) is 14.6. The molecular formula is C19H15FN6O2. The third-order valence-electron chi connectivity index (χ3n) is 4.15. The number of rotatable bonds is 5. The molecule has 0 atom stereocenters. The molecule has 2 heterocycles. The summed E-state index contributed by atoms with van der Waals surface area (Å²) in [5, 5.41) is 10.6. The van der Waals surface area contributed by atoms with Crippen molar-refractivity contribution in [3.05, 3.63) is 82.7 Å². The summed E-state index contributed by atoms with van der Waals surface area (Å²) >= 11 is 0. The first-order valence-electron chi connectivity index (χ1n) is 8.49. The minimum atomic E-state index is -0.455. The lowest BCUT2D eigenvalue weighted by Crippen LogP contribution is -2.32. The van der Waals surface area contributed by atoms with E-state index in [-0.39, 0.29) is 30.3 Å². The van der Waals surface area contributed by atoms with Crippen molar-refractivity contribution < 1.29 is 9.18 Å². The molecule has 9 heteroatoms. The highest BCUT2D eigenvalue weighted by Gasteiger charge is 2.14. The number of fused-ring (bicyclic) bond motifs is 1. The fraction of sp³-hybridized carbons (Fsp3) is 0.105. The molecule has 0 aliphatic rings. The van der Waals surface area contributed by atoms with Gasteiger partial charge in [-0.3, -0.25) is 14.2 Å². The molecule has 0 radical (unpaired) electrons. The van der Waals surface area contributed by atoms with Gasteiger partial charge in [0, 0.05) is 6.54 Å². The van der Waals surface area contributed by atoms with E-state index in [4.69, 9.17) is 0 Å². The SMILES string of the molecule is O=C(Cn1cnc2c(nnn2-c2ccccc2)c1=O)NCc1ccc(F)cc1. The number of para-hydroxylation sites is 1. The Balaban J connectivity index is 1.51. The lowest BCUT2D eigenvalue weighted by atomic mass is 10.2. The van der Waals surface area contributed by atoms with Crippen LogP contribution < -0.4 is 10.9 Å². The van der Waals surface area contributed by atoms with Crippen LogP contribution in [0.1, 0.15) is 5.56 Å². The van der Waals surface area contributed by atoms with E-state index in [0.29, 0.717) is 5.65 Å². The molecule has 0 bridgehead atoms. The van der Waals surface area contributed by atoms with Crippen LogP contribution >= 0.6 is 0 Å². The number of halogens is 1. The van der Waals surface area contributed by atoms with Crippen molar-refractivity contribution in [2.45, 2.75) is 13.1 Å². The van der Waals surface area contributed by atoms with Gasteiger partial charge in [-0.1, -0.05) is 35.5 Å². The normalized spacial score (nSPS) is 10.9.